The summed E-state index contributed by atoms with van der Waals surface area (Å²) in [5.41, 5.74) is 11.4. The molecule has 0 aromatic heterocycles. The number of rotatable bonds is 4. The van der Waals surface area contributed by atoms with E-state index >= 15 is 0 Å². The van der Waals surface area contributed by atoms with Gasteiger partial charge in [-0.2, -0.15) is 0 Å². The van der Waals surface area contributed by atoms with Crippen LogP contribution >= 0.6 is 0 Å². The van der Waals surface area contributed by atoms with Crippen molar-refractivity contribution in [1.29, 1.82) is 0 Å². The highest BCUT2D eigenvalue weighted by molar-refractivity contribution is 5.84. The van der Waals surface area contributed by atoms with Crippen LogP contribution in [0.3, 0.4) is 0 Å². The highest BCUT2D eigenvalue weighted by atomic mass is 16.6. The molecule has 2 aliphatic rings. The average Bonchev–Trinajstić information content (AvgIpc) is 2.96. The Balaban J connectivity index is 1.46. The Hall–Kier alpha value is -3.51. The molecule has 136 valence electrons. The molecule has 1 fully saturated rings. The predicted octanol–water partition coefficient (Wildman–Crippen LogP) is 3.38. The third kappa shape index (κ3) is 2.67. The fourth-order valence-electron chi connectivity index (χ4n) is 3.73. The van der Waals surface area contributed by atoms with Gasteiger partial charge in [0.05, 0.1) is 0 Å². The zero-order valence-corrected chi connectivity index (χ0v) is 14.3. The first-order valence-corrected chi connectivity index (χ1v) is 8.45. The van der Waals surface area contributed by atoms with Gasteiger partial charge >= 0.3 is 12.1 Å². The van der Waals surface area contributed by atoms with Crippen LogP contribution in [0.15, 0.2) is 53.6 Å². The van der Waals surface area contributed by atoms with E-state index in [1.807, 2.05) is 48.5 Å². The molecule has 0 saturated carbocycles. The summed E-state index contributed by atoms with van der Waals surface area (Å²) >= 11 is 0. The number of azide groups is 1. The smallest absolute Gasteiger partial charge is 0.409 e. The largest absolute Gasteiger partial charge is 0.481 e. The van der Waals surface area contributed by atoms with Crippen molar-refractivity contribution in [2.75, 3.05) is 19.7 Å². The van der Waals surface area contributed by atoms with Crippen molar-refractivity contribution in [1.82, 2.24) is 4.90 Å². The first-order chi connectivity index (χ1) is 13.1. The molecule has 0 spiro atoms. The lowest BCUT2D eigenvalue weighted by Gasteiger charge is -2.42. The number of benzene rings is 2. The molecule has 4 rings (SSSR count). The Kier molecular flexibility index (Phi) is 3.97. The number of carbonyl (C=O) groups excluding carboxylic acids is 1. The van der Waals surface area contributed by atoms with Gasteiger partial charge in [-0.05, 0) is 27.8 Å². The summed E-state index contributed by atoms with van der Waals surface area (Å²) in [5.74, 6) is -1.31. The van der Waals surface area contributed by atoms with Gasteiger partial charge in [0.15, 0.2) is 5.54 Å². The van der Waals surface area contributed by atoms with Gasteiger partial charge < -0.3 is 14.7 Å². The Morgan fingerprint density at radius 2 is 1.70 bits per heavy atom. The summed E-state index contributed by atoms with van der Waals surface area (Å²) in [4.78, 5) is 27.4. The Bertz CT molecular complexity index is 928. The lowest BCUT2D eigenvalue weighted by molar-refractivity contribution is -0.149. The van der Waals surface area contributed by atoms with Crippen molar-refractivity contribution >= 4 is 12.1 Å². The highest BCUT2D eigenvalue weighted by Crippen LogP contribution is 2.44. The van der Waals surface area contributed by atoms with Gasteiger partial charge in [0.2, 0.25) is 0 Å². The van der Waals surface area contributed by atoms with E-state index in [1.54, 1.807) is 0 Å². The number of amides is 1. The summed E-state index contributed by atoms with van der Waals surface area (Å²) in [7, 11) is 0. The minimum atomic E-state index is -1.60. The molecule has 0 radical (unpaired) electrons. The topological polar surface area (TPSA) is 116 Å². The van der Waals surface area contributed by atoms with Crippen LogP contribution in [0.2, 0.25) is 0 Å². The van der Waals surface area contributed by atoms with Crippen LogP contribution in [0.5, 0.6) is 0 Å². The number of carboxylic acid groups (broad SMARTS) is 1. The van der Waals surface area contributed by atoms with E-state index in [-0.39, 0.29) is 25.6 Å². The second kappa shape index (κ2) is 6.34. The SMILES string of the molecule is [N-]=[N+]=NC1(C(=O)O)CN(C(=O)OCC2c3ccccc3-c3ccccc32)C1. The summed E-state index contributed by atoms with van der Waals surface area (Å²) in [5, 5.41) is 12.5. The van der Waals surface area contributed by atoms with Gasteiger partial charge in [-0.1, -0.05) is 53.6 Å². The van der Waals surface area contributed by atoms with E-state index in [0.717, 1.165) is 22.3 Å². The van der Waals surface area contributed by atoms with E-state index in [4.69, 9.17) is 10.3 Å². The van der Waals surface area contributed by atoms with E-state index in [1.165, 1.54) is 4.90 Å². The number of likely N-dealkylation sites (tertiary alicyclic amines) is 1. The maximum absolute atomic E-state index is 12.3. The molecule has 1 saturated heterocycles. The molecular weight excluding hydrogens is 348 g/mol. The minimum absolute atomic E-state index is 0.0658. The van der Waals surface area contributed by atoms with Crippen molar-refractivity contribution in [3.05, 3.63) is 70.1 Å². The molecule has 1 aliphatic heterocycles. The monoisotopic (exact) mass is 364 g/mol. The molecule has 1 heterocycles. The molecule has 0 atom stereocenters. The number of carboxylic acids is 1. The molecule has 0 unspecified atom stereocenters. The number of carbonyl (C=O) groups is 2. The second-order valence-electron chi connectivity index (χ2n) is 6.69. The lowest BCUT2D eigenvalue weighted by Crippen LogP contribution is -2.66. The Labute approximate surface area is 154 Å². The van der Waals surface area contributed by atoms with Crippen molar-refractivity contribution in [3.63, 3.8) is 0 Å². The van der Waals surface area contributed by atoms with Gasteiger partial charge in [0.1, 0.15) is 6.61 Å². The molecule has 1 aliphatic carbocycles. The zero-order valence-electron chi connectivity index (χ0n) is 14.3. The van der Waals surface area contributed by atoms with E-state index in [2.05, 4.69) is 10.0 Å². The molecule has 27 heavy (non-hydrogen) atoms. The van der Waals surface area contributed by atoms with Crippen molar-refractivity contribution in [2.45, 2.75) is 11.5 Å². The van der Waals surface area contributed by atoms with Crippen LogP contribution in [0.4, 0.5) is 4.79 Å². The maximum atomic E-state index is 12.3. The summed E-state index contributed by atoms with van der Waals surface area (Å²) in [6.07, 6.45) is -0.609. The fraction of sp³-hybridized carbons (Fsp3) is 0.263. The first kappa shape index (κ1) is 16.9. The lowest BCUT2D eigenvalue weighted by atomic mass is 9.91. The molecule has 2 aromatic carbocycles. The zero-order chi connectivity index (χ0) is 19.0. The minimum Gasteiger partial charge on any atom is -0.481 e. The van der Waals surface area contributed by atoms with Crippen molar-refractivity contribution in [3.8, 4) is 11.1 Å². The number of fused-ring (bicyclic) bond motifs is 3. The second-order valence-corrected chi connectivity index (χ2v) is 6.69. The van der Waals surface area contributed by atoms with E-state index in [9.17, 15) is 14.7 Å². The van der Waals surface area contributed by atoms with Crippen LogP contribution < -0.4 is 0 Å². The Morgan fingerprint density at radius 3 is 2.22 bits per heavy atom. The van der Waals surface area contributed by atoms with Gasteiger partial charge in [-0.3, -0.25) is 4.79 Å². The van der Waals surface area contributed by atoms with Crippen LogP contribution in [-0.4, -0.2) is 47.3 Å². The van der Waals surface area contributed by atoms with Crippen LogP contribution in [-0.2, 0) is 9.53 Å². The Morgan fingerprint density at radius 1 is 1.15 bits per heavy atom. The van der Waals surface area contributed by atoms with Gasteiger partial charge in [0.25, 0.3) is 0 Å². The third-order valence-corrected chi connectivity index (χ3v) is 5.13. The highest BCUT2D eigenvalue weighted by Gasteiger charge is 2.52. The maximum Gasteiger partial charge on any atom is 0.409 e. The molecule has 0 bridgehead atoms. The number of ether oxygens (including phenoxy) is 1. The number of aliphatic carboxylic acids is 1. The van der Waals surface area contributed by atoms with Gasteiger partial charge in [-0.15, -0.1) is 0 Å². The normalized spacial score (nSPS) is 16.5. The molecule has 8 nitrogen and oxygen atoms in total. The molecule has 8 heteroatoms. The van der Waals surface area contributed by atoms with Crippen LogP contribution in [0.25, 0.3) is 21.6 Å². The average molecular weight is 364 g/mol. The summed E-state index contributed by atoms with van der Waals surface area (Å²) in [6, 6.07) is 16.0. The van der Waals surface area contributed by atoms with Crippen molar-refractivity contribution in [2.24, 2.45) is 5.11 Å². The molecular formula is C19H16N4O4. The first-order valence-electron chi connectivity index (χ1n) is 8.45. The quantitative estimate of drug-likeness (QED) is 0.508. The predicted molar refractivity (Wildman–Crippen MR) is 96.2 cm³/mol. The molecule has 2 aromatic rings. The fourth-order valence-corrected chi connectivity index (χ4v) is 3.73. The van der Waals surface area contributed by atoms with Crippen LogP contribution in [0, 0.1) is 0 Å². The number of hydrogen-bond acceptors (Lipinski definition) is 4. The molecule has 1 amide bonds. The number of hydrogen-bond donors (Lipinski definition) is 1. The van der Waals surface area contributed by atoms with E-state index in [0.29, 0.717) is 0 Å². The van der Waals surface area contributed by atoms with Crippen molar-refractivity contribution < 1.29 is 19.4 Å². The summed E-state index contributed by atoms with van der Waals surface area (Å²) in [6.45, 7) is -0.225. The summed E-state index contributed by atoms with van der Waals surface area (Å²) < 4.78 is 5.45. The third-order valence-electron chi connectivity index (χ3n) is 5.13. The van der Waals surface area contributed by atoms with E-state index < -0.39 is 17.6 Å². The number of nitrogens with zero attached hydrogens (tertiary/aromatic N) is 4. The molecule has 1 N–H and O–H groups in total. The standard InChI is InChI=1S/C19H16N4O4/c20-22-21-19(17(24)25)10-23(11-19)18(26)27-9-16-14-7-3-1-5-12(14)13-6-2-4-8-15(13)16/h1-8,16H,9-11H2,(H,24,25). The van der Waals surface area contributed by atoms with Crippen LogP contribution in [0.1, 0.15) is 17.0 Å². The van der Waals surface area contributed by atoms with Gasteiger partial charge in [0, 0.05) is 23.9 Å². The van der Waals surface area contributed by atoms with Gasteiger partial charge in [-0.25, -0.2) is 4.79 Å².